The normalized spacial score (nSPS) is 21.8. The summed E-state index contributed by atoms with van der Waals surface area (Å²) in [6.45, 7) is 6.75. The van der Waals surface area contributed by atoms with Crippen LogP contribution in [0.5, 0.6) is 0 Å². The monoisotopic (exact) mass is 254 g/mol. The van der Waals surface area contributed by atoms with Crippen molar-refractivity contribution in [1.82, 2.24) is 19.4 Å². The van der Waals surface area contributed by atoms with E-state index in [1.807, 2.05) is 11.8 Å². The molecule has 6 heteroatoms. The van der Waals surface area contributed by atoms with Gasteiger partial charge in [0, 0.05) is 25.7 Å². The fourth-order valence-corrected chi connectivity index (χ4v) is 2.88. The van der Waals surface area contributed by atoms with Gasteiger partial charge in [-0.25, -0.2) is 0 Å². The third-order valence-electron chi connectivity index (χ3n) is 3.18. The highest BCUT2D eigenvalue weighted by Crippen LogP contribution is 2.18. The van der Waals surface area contributed by atoms with Gasteiger partial charge in [-0.15, -0.1) is 5.10 Å². The summed E-state index contributed by atoms with van der Waals surface area (Å²) in [5.74, 6) is 0.0949. The Kier molecular flexibility index (Phi) is 3.73. The topological polar surface area (TPSA) is 49.3 Å². The predicted octanol–water partition coefficient (Wildman–Crippen LogP) is 0.877. The van der Waals surface area contributed by atoms with Crippen molar-refractivity contribution in [2.45, 2.75) is 26.3 Å². The number of hydrogen-bond donors (Lipinski definition) is 0. The first-order chi connectivity index (χ1) is 8.13. The van der Waals surface area contributed by atoms with Gasteiger partial charge in [-0.05, 0) is 31.9 Å². The lowest BCUT2D eigenvalue weighted by Gasteiger charge is -2.37. The molecule has 1 saturated heterocycles. The molecule has 2 rings (SSSR count). The number of piperazine rings is 1. The van der Waals surface area contributed by atoms with Crippen LogP contribution in [0, 0.1) is 0 Å². The van der Waals surface area contributed by atoms with Crippen LogP contribution in [-0.2, 0) is 6.42 Å². The molecule has 1 aliphatic heterocycles. The number of hydrogen-bond acceptors (Lipinski definition) is 5. The minimum absolute atomic E-state index is 0.0949. The fourth-order valence-electron chi connectivity index (χ4n) is 2.17. The molecule has 0 aromatic carbocycles. The van der Waals surface area contributed by atoms with Gasteiger partial charge in [0.2, 0.25) is 0 Å². The Balaban J connectivity index is 2.15. The van der Waals surface area contributed by atoms with Gasteiger partial charge in [0.1, 0.15) is 4.88 Å². The summed E-state index contributed by atoms with van der Waals surface area (Å²) in [5.41, 5.74) is 0.825. The van der Waals surface area contributed by atoms with Crippen molar-refractivity contribution in [2.75, 3.05) is 26.7 Å². The Bertz CT molecular complexity index is 406. The second kappa shape index (κ2) is 5.10. The zero-order chi connectivity index (χ0) is 12.4. The Morgan fingerprint density at radius 1 is 1.53 bits per heavy atom. The molecule has 1 amide bonds. The quantitative estimate of drug-likeness (QED) is 0.786. The van der Waals surface area contributed by atoms with E-state index >= 15 is 0 Å². The second-order valence-electron chi connectivity index (χ2n) is 4.51. The van der Waals surface area contributed by atoms with Crippen molar-refractivity contribution in [3.05, 3.63) is 10.6 Å². The molecule has 17 heavy (non-hydrogen) atoms. The van der Waals surface area contributed by atoms with E-state index in [0.717, 1.165) is 31.7 Å². The van der Waals surface area contributed by atoms with Crippen LogP contribution < -0.4 is 0 Å². The summed E-state index contributed by atoms with van der Waals surface area (Å²) >= 11 is 1.21. The van der Waals surface area contributed by atoms with E-state index in [9.17, 15) is 4.79 Å². The van der Waals surface area contributed by atoms with Gasteiger partial charge in [-0.2, -0.15) is 0 Å². The molecule has 1 aliphatic rings. The average Bonchev–Trinajstić information content (AvgIpc) is 2.76. The van der Waals surface area contributed by atoms with Gasteiger partial charge < -0.3 is 9.80 Å². The summed E-state index contributed by atoms with van der Waals surface area (Å²) in [4.78, 5) is 17.3. The highest BCUT2D eigenvalue weighted by atomic mass is 32.1. The highest BCUT2D eigenvalue weighted by molar-refractivity contribution is 7.08. The smallest absolute Gasteiger partial charge is 0.267 e. The lowest BCUT2D eigenvalue weighted by Crippen LogP contribution is -2.52. The first kappa shape index (κ1) is 12.4. The number of aryl methyl sites for hydroxylation is 1. The predicted molar refractivity (Wildman–Crippen MR) is 67.3 cm³/mol. The Hall–Kier alpha value is -1.01. The summed E-state index contributed by atoms with van der Waals surface area (Å²) in [6.07, 6.45) is 0.764. The molecule has 1 aromatic rings. The molecule has 0 spiro atoms. The molecule has 1 fully saturated rings. The molecule has 0 N–H and O–H groups in total. The maximum Gasteiger partial charge on any atom is 0.267 e. The molecular weight excluding hydrogens is 236 g/mol. The number of rotatable bonds is 2. The standard InChI is InChI=1S/C11H18N4OS/c1-4-9-10(17-13-12-9)11(16)15-6-5-14(3)7-8(15)2/h8H,4-7H2,1-3H3/t8-/m1/s1. The van der Waals surface area contributed by atoms with Crippen molar-refractivity contribution < 1.29 is 4.79 Å². The van der Waals surface area contributed by atoms with E-state index in [1.54, 1.807) is 0 Å². The Morgan fingerprint density at radius 3 is 2.94 bits per heavy atom. The van der Waals surface area contributed by atoms with Gasteiger partial charge in [-0.1, -0.05) is 11.4 Å². The Morgan fingerprint density at radius 2 is 2.29 bits per heavy atom. The van der Waals surface area contributed by atoms with Crippen LogP contribution in [-0.4, -0.2) is 58.0 Å². The lowest BCUT2D eigenvalue weighted by atomic mass is 10.1. The lowest BCUT2D eigenvalue weighted by molar-refractivity contribution is 0.0537. The van der Waals surface area contributed by atoms with Crippen LogP contribution in [0.25, 0.3) is 0 Å². The van der Waals surface area contributed by atoms with Gasteiger partial charge >= 0.3 is 0 Å². The van der Waals surface area contributed by atoms with Crippen molar-refractivity contribution in [2.24, 2.45) is 0 Å². The molecule has 0 unspecified atom stereocenters. The van der Waals surface area contributed by atoms with Crippen LogP contribution in [0.15, 0.2) is 0 Å². The van der Waals surface area contributed by atoms with Crippen LogP contribution in [0.3, 0.4) is 0 Å². The molecule has 0 aliphatic carbocycles. The zero-order valence-corrected chi connectivity index (χ0v) is 11.3. The SMILES string of the molecule is CCc1nnsc1C(=O)N1CCN(C)C[C@H]1C. The summed E-state index contributed by atoms with van der Waals surface area (Å²) in [5, 5.41) is 4.00. The van der Waals surface area contributed by atoms with Crippen LogP contribution in [0.4, 0.5) is 0 Å². The number of aromatic nitrogens is 2. The third-order valence-corrected chi connectivity index (χ3v) is 3.93. The van der Waals surface area contributed by atoms with Crippen LogP contribution >= 0.6 is 11.5 Å². The summed E-state index contributed by atoms with van der Waals surface area (Å²) in [6, 6.07) is 0.257. The summed E-state index contributed by atoms with van der Waals surface area (Å²) in [7, 11) is 2.09. The number of amides is 1. The maximum atomic E-state index is 12.4. The van der Waals surface area contributed by atoms with Crippen LogP contribution in [0.2, 0.25) is 0 Å². The number of carbonyl (C=O) groups is 1. The molecule has 0 bridgehead atoms. The zero-order valence-electron chi connectivity index (χ0n) is 10.5. The molecule has 1 atom stereocenters. The van der Waals surface area contributed by atoms with E-state index in [2.05, 4.69) is 28.5 Å². The molecule has 0 saturated carbocycles. The van der Waals surface area contributed by atoms with Gasteiger partial charge in [0.05, 0.1) is 5.69 Å². The first-order valence-electron chi connectivity index (χ1n) is 5.94. The second-order valence-corrected chi connectivity index (χ2v) is 5.27. The number of likely N-dealkylation sites (N-methyl/N-ethyl adjacent to an activating group) is 1. The van der Waals surface area contributed by atoms with Crippen molar-refractivity contribution in [3.8, 4) is 0 Å². The van der Waals surface area contributed by atoms with Crippen molar-refractivity contribution >= 4 is 17.4 Å². The third kappa shape index (κ3) is 2.47. The molecule has 1 aromatic heterocycles. The van der Waals surface area contributed by atoms with Gasteiger partial charge in [0.25, 0.3) is 5.91 Å². The van der Waals surface area contributed by atoms with E-state index in [1.165, 1.54) is 11.5 Å². The molecule has 0 radical (unpaired) electrons. The average molecular weight is 254 g/mol. The Labute approximate surface area is 106 Å². The number of carbonyl (C=O) groups excluding carboxylic acids is 1. The molecule has 2 heterocycles. The van der Waals surface area contributed by atoms with E-state index in [0.29, 0.717) is 4.88 Å². The minimum atomic E-state index is 0.0949. The van der Waals surface area contributed by atoms with Crippen molar-refractivity contribution in [1.29, 1.82) is 0 Å². The van der Waals surface area contributed by atoms with Crippen LogP contribution in [0.1, 0.15) is 29.2 Å². The molecular formula is C11H18N4OS. The summed E-state index contributed by atoms with van der Waals surface area (Å²) < 4.78 is 3.88. The molecule has 94 valence electrons. The van der Waals surface area contributed by atoms with Crippen molar-refractivity contribution in [3.63, 3.8) is 0 Å². The fraction of sp³-hybridized carbons (Fsp3) is 0.727. The highest BCUT2D eigenvalue weighted by Gasteiger charge is 2.29. The van der Waals surface area contributed by atoms with Gasteiger partial charge in [-0.3, -0.25) is 4.79 Å². The molecule has 5 nitrogen and oxygen atoms in total. The minimum Gasteiger partial charge on any atom is -0.333 e. The number of nitrogens with zero attached hydrogens (tertiary/aromatic N) is 4. The van der Waals surface area contributed by atoms with E-state index in [-0.39, 0.29) is 11.9 Å². The first-order valence-corrected chi connectivity index (χ1v) is 6.71. The largest absolute Gasteiger partial charge is 0.333 e. The maximum absolute atomic E-state index is 12.4. The van der Waals surface area contributed by atoms with E-state index in [4.69, 9.17) is 0 Å². The van der Waals surface area contributed by atoms with Gasteiger partial charge in [0.15, 0.2) is 0 Å². The van der Waals surface area contributed by atoms with E-state index < -0.39 is 0 Å².